The van der Waals surface area contributed by atoms with Gasteiger partial charge in [-0.15, -0.1) is 0 Å². The molecule has 3 aliphatic carbocycles. The second-order valence-electron chi connectivity index (χ2n) is 9.38. The fourth-order valence-corrected chi connectivity index (χ4v) is 5.41. The van der Waals surface area contributed by atoms with Crippen molar-refractivity contribution in [1.82, 2.24) is 20.1 Å². The molecule has 5 rings (SSSR count). The standard InChI is InChI=1S/C22H28ClN5O3/c1-12-15-7-14(22(15,2)3)8-16(12)27-17-10-26-28(21(31)20(17)23)11-19(30)25-9-13-4-5-24-18(29)6-13/h4-6,10,12,14-16,27H,7-9,11H2,1-3H3,(H,24,29)(H,25,30)/t12-,14-,15+,16-/m1/s1. The molecule has 3 aliphatic rings. The van der Waals surface area contributed by atoms with Gasteiger partial charge in [0, 0.05) is 24.8 Å². The van der Waals surface area contributed by atoms with E-state index in [1.807, 2.05) is 0 Å². The van der Waals surface area contributed by atoms with E-state index in [0.717, 1.165) is 11.1 Å². The summed E-state index contributed by atoms with van der Waals surface area (Å²) in [6, 6.07) is 3.35. The van der Waals surface area contributed by atoms with Crippen molar-refractivity contribution in [3.8, 4) is 0 Å². The van der Waals surface area contributed by atoms with Crippen LogP contribution in [-0.4, -0.2) is 26.7 Å². The summed E-state index contributed by atoms with van der Waals surface area (Å²) in [7, 11) is 0. The summed E-state index contributed by atoms with van der Waals surface area (Å²) in [5.41, 5.74) is 0.809. The lowest BCUT2D eigenvalue weighted by Crippen LogP contribution is -2.58. The normalized spacial score (nSPS) is 26.1. The highest BCUT2D eigenvalue weighted by atomic mass is 35.5. The Labute approximate surface area is 185 Å². The summed E-state index contributed by atoms with van der Waals surface area (Å²) in [4.78, 5) is 38.7. The van der Waals surface area contributed by atoms with E-state index in [9.17, 15) is 14.4 Å². The van der Waals surface area contributed by atoms with Crippen LogP contribution >= 0.6 is 11.6 Å². The Morgan fingerprint density at radius 3 is 2.81 bits per heavy atom. The van der Waals surface area contributed by atoms with E-state index in [2.05, 4.69) is 41.5 Å². The number of anilines is 1. The minimum Gasteiger partial charge on any atom is -0.379 e. The van der Waals surface area contributed by atoms with Gasteiger partial charge in [0.25, 0.3) is 5.56 Å². The molecule has 2 aromatic heterocycles. The van der Waals surface area contributed by atoms with Gasteiger partial charge in [-0.3, -0.25) is 14.4 Å². The van der Waals surface area contributed by atoms with Crippen molar-refractivity contribution in [2.24, 2.45) is 23.2 Å². The second-order valence-corrected chi connectivity index (χ2v) is 9.76. The number of rotatable bonds is 6. The maximum Gasteiger partial charge on any atom is 0.288 e. The molecule has 4 atom stereocenters. The van der Waals surface area contributed by atoms with E-state index in [-0.39, 0.29) is 29.7 Å². The molecule has 8 nitrogen and oxygen atoms in total. The Kier molecular flexibility index (Phi) is 5.68. The SMILES string of the molecule is C[C@H]1[C@H](Nc2cnn(CC(=O)NCc3cc[nH]c(=O)c3)c(=O)c2Cl)C[C@H]2C[C@@H]1C2(C)C. The molecular weight excluding hydrogens is 418 g/mol. The largest absolute Gasteiger partial charge is 0.379 e. The summed E-state index contributed by atoms with van der Waals surface area (Å²) in [6.45, 7) is 6.88. The summed E-state index contributed by atoms with van der Waals surface area (Å²) in [5.74, 6) is 1.44. The molecule has 0 aromatic carbocycles. The molecule has 31 heavy (non-hydrogen) atoms. The van der Waals surface area contributed by atoms with Crippen LogP contribution in [0.25, 0.3) is 0 Å². The van der Waals surface area contributed by atoms with Crippen LogP contribution in [0.4, 0.5) is 5.69 Å². The number of amides is 1. The van der Waals surface area contributed by atoms with Gasteiger partial charge < -0.3 is 15.6 Å². The first-order valence-corrected chi connectivity index (χ1v) is 11.0. The Hall–Kier alpha value is -2.61. The zero-order chi connectivity index (χ0) is 22.3. The maximum atomic E-state index is 12.6. The minimum atomic E-state index is -0.507. The van der Waals surface area contributed by atoms with Crippen LogP contribution in [0, 0.1) is 23.2 Å². The molecule has 0 unspecified atom stereocenters. The molecule has 0 spiro atoms. The quantitative estimate of drug-likeness (QED) is 0.632. The van der Waals surface area contributed by atoms with E-state index >= 15 is 0 Å². The molecule has 0 aliphatic heterocycles. The zero-order valence-electron chi connectivity index (χ0n) is 17.9. The first kappa shape index (κ1) is 21.6. The van der Waals surface area contributed by atoms with Gasteiger partial charge in [0.05, 0.1) is 11.9 Å². The van der Waals surface area contributed by atoms with Gasteiger partial charge in [0.2, 0.25) is 11.5 Å². The van der Waals surface area contributed by atoms with Gasteiger partial charge in [0.15, 0.2) is 0 Å². The van der Waals surface area contributed by atoms with Crippen molar-refractivity contribution >= 4 is 23.2 Å². The number of fused-ring (bicyclic) bond motifs is 2. The van der Waals surface area contributed by atoms with Crippen LogP contribution in [0.15, 0.2) is 34.1 Å². The fourth-order valence-electron chi connectivity index (χ4n) is 5.21. The lowest BCUT2D eigenvalue weighted by Gasteiger charge is -2.62. The molecule has 9 heteroatoms. The lowest BCUT2D eigenvalue weighted by molar-refractivity contribution is -0.122. The molecule has 3 fully saturated rings. The van der Waals surface area contributed by atoms with E-state index < -0.39 is 11.5 Å². The number of carbonyl (C=O) groups is 1. The minimum absolute atomic E-state index is 0.0445. The van der Waals surface area contributed by atoms with E-state index in [4.69, 9.17) is 11.6 Å². The molecule has 2 aromatic rings. The van der Waals surface area contributed by atoms with Crippen LogP contribution in [0.2, 0.25) is 5.02 Å². The predicted molar refractivity (Wildman–Crippen MR) is 119 cm³/mol. The Bertz CT molecular complexity index is 1110. The van der Waals surface area contributed by atoms with Gasteiger partial charge in [-0.25, -0.2) is 4.68 Å². The van der Waals surface area contributed by atoms with E-state index in [0.29, 0.717) is 34.4 Å². The highest BCUT2D eigenvalue weighted by Gasteiger charge is 2.56. The maximum absolute atomic E-state index is 12.6. The molecular formula is C22H28ClN5O3. The van der Waals surface area contributed by atoms with Gasteiger partial charge in [-0.05, 0) is 47.6 Å². The number of pyridine rings is 1. The summed E-state index contributed by atoms with van der Waals surface area (Å²) in [6.07, 6.45) is 5.35. The Morgan fingerprint density at radius 2 is 2.13 bits per heavy atom. The van der Waals surface area contributed by atoms with Crippen LogP contribution < -0.4 is 21.8 Å². The third kappa shape index (κ3) is 4.13. The van der Waals surface area contributed by atoms with Gasteiger partial charge >= 0.3 is 0 Å². The molecule has 166 valence electrons. The van der Waals surface area contributed by atoms with Crippen LogP contribution in [0.3, 0.4) is 0 Å². The van der Waals surface area contributed by atoms with Crippen LogP contribution in [-0.2, 0) is 17.9 Å². The van der Waals surface area contributed by atoms with Crippen LogP contribution in [0.5, 0.6) is 0 Å². The lowest BCUT2D eigenvalue weighted by atomic mass is 9.45. The molecule has 3 N–H and O–H groups in total. The zero-order valence-corrected chi connectivity index (χ0v) is 18.7. The average Bonchev–Trinajstić information content (AvgIpc) is 2.73. The Balaban J connectivity index is 1.39. The fraction of sp³-hybridized carbons (Fsp3) is 0.545. The first-order valence-electron chi connectivity index (χ1n) is 10.6. The van der Waals surface area contributed by atoms with Crippen molar-refractivity contribution in [1.29, 1.82) is 0 Å². The van der Waals surface area contributed by atoms with Crippen molar-refractivity contribution in [3.63, 3.8) is 0 Å². The molecule has 3 saturated carbocycles. The monoisotopic (exact) mass is 445 g/mol. The number of aromatic amines is 1. The van der Waals surface area contributed by atoms with Crippen molar-refractivity contribution in [2.75, 3.05) is 5.32 Å². The topological polar surface area (TPSA) is 109 Å². The highest BCUT2D eigenvalue weighted by molar-refractivity contribution is 6.32. The molecule has 2 bridgehead atoms. The van der Waals surface area contributed by atoms with Crippen molar-refractivity contribution < 1.29 is 4.79 Å². The van der Waals surface area contributed by atoms with Crippen LogP contribution in [0.1, 0.15) is 39.2 Å². The molecule has 0 saturated heterocycles. The highest BCUT2D eigenvalue weighted by Crippen LogP contribution is 2.61. The number of aromatic nitrogens is 3. The molecule has 0 radical (unpaired) electrons. The smallest absolute Gasteiger partial charge is 0.288 e. The number of carbonyl (C=O) groups excluding carboxylic acids is 1. The number of hydrogen-bond acceptors (Lipinski definition) is 5. The second kappa shape index (κ2) is 8.15. The number of hydrogen-bond donors (Lipinski definition) is 3. The third-order valence-electron chi connectivity index (χ3n) is 7.30. The average molecular weight is 446 g/mol. The summed E-state index contributed by atoms with van der Waals surface area (Å²) >= 11 is 6.34. The van der Waals surface area contributed by atoms with Crippen molar-refractivity contribution in [3.05, 3.63) is 55.8 Å². The molecule has 1 amide bonds. The van der Waals surface area contributed by atoms with Gasteiger partial charge in [-0.1, -0.05) is 32.4 Å². The predicted octanol–water partition coefficient (Wildman–Crippen LogP) is 2.38. The van der Waals surface area contributed by atoms with Crippen molar-refractivity contribution in [2.45, 2.75) is 52.7 Å². The van der Waals surface area contributed by atoms with E-state index in [1.165, 1.54) is 24.9 Å². The number of H-pyrrole nitrogens is 1. The summed E-state index contributed by atoms with van der Waals surface area (Å²) in [5, 5.41) is 10.3. The molecule has 2 heterocycles. The number of nitrogens with one attached hydrogen (secondary N) is 3. The third-order valence-corrected chi connectivity index (χ3v) is 7.67. The number of nitrogens with zero attached hydrogens (tertiary/aromatic N) is 2. The number of halogens is 1. The summed E-state index contributed by atoms with van der Waals surface area (Å²) < 4.78 is 1.05. The first-order chi connectivity index (χ1) is 14.7. The van der Waals surface area contributed by atoms with Gasteiger partial charge in [-0.2, -0.15) is 5.10 Å². The Morgan fingerprint density at radius 1 is 1.35 bits per heavy atom. The van der Waals surface area contributed by atoms with Gasteiger partial charge in [0.1, 0.15) is 11.6 Å². The van der Waals surface area contributed by atoms with E-state index in [1.54, 1.807) is 6.07 Å².